The Balaban J connectivity index is 1.99. The minimum Gasteiger partial charge on any atom is -0.343 e. The Morgan fingerprint density at radius 3 is 2.86 bits per heavy atom. The average Bonchev–Trinajstić information content (AvgIpc) is 2.92. The molecule has 0 aliphatic rings. The van der Waals surface area contributed by atoms with E-state index in [0.29, 0.717) is 0 Å². The summed E-state index contributed by atoms with van der Waals surface area (Å²) in [6, 6.07) is 13.0. The average molecular weight is 279 g/mol. The lowest BCUT2D eigenvalue weighted by molar-refractivity contribution is 0.646. The number of rotatable bonds is 5. The molecule has 2 aromatic heterocycles. The quantitative estimate of drug-likeness (QED) is 0.778. The lowest BCUT2D eigenvalue weighted by Gasteiger charge is -2.13. The van der Waals surface area contributed by atoms with Gasteiger partial charge in [-0.15, -0.1) is 0 Å². The predicted molar refractivity (Wildman–Crippen MR) is 87.2 cm³/mol. The van der Waals surface area contributed by atoms with Gasteiger partial charge in [0.1, 0.15) is 0 Å². The number of nitrogens with zero attached hydrogens (tertiary/aromatic N) is 2. The molecule has 21 heavy (non-hydrogen) atoms. The monoisotopic (exact) mass is 279 g/mol. The summed E-state index contributed by atoms with van der Waals surface area (Å²) in [4.78, 5) is 4.20. The molecule has 0 saturated heterocycles. The van der Waals surface area contributed by atoms with Gasteiger partial charge in [-0.2, -0.15) is 0 Å². The number of fused-ring (bicyclic) bond motifs is 1. The molecule has 0 bridgehead atoms. The van der Waals surface area contributed by atoms with Crippen LogP contribution in [0.2, 0.25) is 0 Å². The number of hydrogen-bond donors (Lipinski definition) is 1. The third-order valence-corrected chi connectivity index (χ3v) is 3.95. The van der Waals surface area contributed by atoms with E-state index in [-0.39, 0.29) is 6.04 Å². The number of pyridine rings is 1. The molecule has 1 unspecified atom stereocenters. The van der Waals surface area contributed by atoms with Crippen molar-refractivity contribution >= 4 is 10.9 Å². The Hall–Kier alpha value is -2.13. The van der Waals surface area contributed by atoms with E-state index in [1.165, 1.54) is 22.0 Å². The highest BCUT2D eigenvalue weighted by Crippen LogP contribution is 2.22. The van der Waals surface area contributed by atoms with Gasteiger partial charge in [0.2, 0.25) is 0 Å². The second-order valence-corrected chi connectivity index (χ2v) is 5.53. The summed E-state index contributed by atoms with van der Waals surface area (Å²) >= 11 is 0. The van der Waals surface area contributed by atoms with E-state index in [4.69, 9.17) is 5.73 Å². The van der Waals surface area contributed by atoms with Crippen molar-refractivity contribution in [3.05, 3.63) is 66.1 Å². The second kappa shape index (κ2) is 6.10. The van der Waals surface area contributed by atoms with Crippen LogP contribution in [0.5, 0.6) is 0 Å². The molecular formula is C18H21N3. The maximum absolute atomic E-state index is 6.15. The van der Waals surface area contributed by atoms with Crippen LogP contribution in [-0.4, -0.2) is 15.6 Å². The molecular weight excluding hydrogens is 258 g/mol. The molecule has 0 amide bonds. The third kappa shape index (κ3) is 2.98. The summed E-state index contributed by atoms with van der Waals surface area (Å²) in [7, 11) is 0. The van der Waals surface area contributed by atoms with E-state index < -0.39 is 0 Å². The maximum Gasteiger partial charge on any atom is 0.0516 e. The summed E-state index contributed by atoms with van der Waals surface area (Å²) in [5, 5.41) is 1.28. The first-order valence-electron chi connectivity index (χ1n) is 7.49. The number of benzene rings is 1. The van der Waals surface area contributed by atoms with Gasteiger partial charge in [-0.3, -0.25) is 4.98 Å². The molecule has 0 radical (unpaired) electrons. The number of para-hydroxylation sites is 1. The summed E-state index contributed by atoms with van der Waals surface area (Å²) in [5.41, 5.74) is 9.99. The number of hydrogen-bond acceptors (Lipinski definition) is 2. The zero-order valence-electron chi connectivity index (χ0n) is 12.4. The minimum atomic E-state index is 0.220. The van der Waals surface area contributed by atoms with Gasteiger partial charge in [-0.1, -0.05) is 31.2 Å². The molecule has 1 atom stereocenters. The second-order valence-electron chi connectivity index (χ2n) is 5.53. The van der Waals surface area contributed by atoms with Crippen molar-refractivity contribution in [1.82, 2.24) is 9.55 Å². The first-order chi connectivity index (χ1) is 10.3. The SMILES string of the molecule is CCC(N)Cc1cccc2ccn(Cc3cccnc3)c12. The zero-order chi connectivity index (χ0) is 14.7. The maximum atomic E-state index is 6.15. The van der Waals surface area contributed by atoms with Gasteiger partial charge in [-0.05, 0) is 41.5 Å². The largest absolute Gasteiger partial charge is 0.343 e. The molecule has 0 fully saturated rings. The predicted octanol–water partition coefficient (Wildman–Crippen LogP) is 3.36. The van der Waals surface area contributed by atoms with E-state index >= 15 is 0 Å². The third-order valence-electron chi connectivity index (χ3n) is 3.95. The van der Waals surface area contributed by atoms with Gasteiger partial charge >= 0.3 is 0 Å². The molecule has 1 aromatic carbocycles. The fourth-order valence-electron chi connectivity index (χ4n) is 2.75. The van der Waals surface area contributed by atoms with Crippen molar-refractivity contribution in [3.63, 3.8) is 0 Å². The van der Waals surface area contributed by atoms with Gasteiger partial charge < -0.3 is 10.3 Å². The van der Waals surface area contributed by atoms with Crippen molar-refractivity contribution in [2.75, 3.05) is 0 Å². The highest BCUT2D eigenvalue weighted by atomic mass is 15.0. The van der Waals surface area contributed by atoms with Crippen molar-refractivity contribution in [2.45, 2.75) is 32.4 Å². The molecule has 0 spiro atoms. The number of nitrogens with two attached hydrogens (primary N) is 1. The van der Waals surface area contributed by atoms with Crippen molar-refractivity contribution < 1.29 is 0 Å². The minimum absolute atomic E-state index is 0.220. The van der Waals surface area contributed by atoms with Crippen LogP contribution in [0.3, 0.4) is 0 Å². The molecule has 3 rings (SSSR count). The molecule has 3 heteroatoms. The number of aromatic nitrogens is 2. The van der Waals surface area contributed by atoms with Gasteiger partial charge in [0, 0.05) is 31.2 Å². The van der Waals surface area contributed by atoms with Crippen LogP contribution in [0.4, 0.5) is 0 Å². The molecule has 0 aliphatic heterocycles. The highest BCUT2D eigenvalue weighted by Gasteiger charge is 2.09. The smallest absolute Gasteiger partial charge is 0.0516 e. The standard InChI is InChI=1S/C18H21N3/c1-2-17(19)11-16-7-3-6-15-8-10-21(18(15)16)13-14-5-4-9-20-12-14/h3-10,12,17H,2,11,13,19H2,1H3. The fraction of sp³-hybridized carbons (Fsp3) is 0.278. The summed E-state index contributed by atoms with van der Waals surface area (Å²) in [6.07, 6.45) is 7.80. The van der Waals surface area contributed by atoms with E-state index in [0.717, 1.165) is 19.4 Å². The first kappa shape index (κ1) is 13.8. The van der Waals surface area contributed by atoms with E-state index in [1.54, 1.807) is 0 Å². The van der Waals surface area contributed by atoms with Crippen LogP contribution in [0.25, 0.3) is 10.9 Å². The van der Waals surface area contributed by atoms with Crippen LogP contribution in [0.1, 0.15) is 24.5 Å². The zero-order valence-corrected chi connectivity index (χ0v) is 12.4. The molecule has 3 aromatic rings. The van der Waals surface area contributed by atoms with Crippen molar-refractivity contribution in [2.24, 2.45) is 5.73 Å². The Morgan fingerprint density at radius 2 is 2.10 bits per heavy atom. The van der Waals surface area contributed by atoms with Gasteiger partial charge in [0.05, 0.1) is 5.52 Å². The van der Waals surface area contributed by atoms with Gasteiger partial charge in [-0.25, -0.2) is 0 Å². The Morgan fingerprint density at radius 1 is 1.19 bits per heavy atom. The Kier molecular flexibility index (Phi) is 4.02. The Labute approximate surface area is 125 Å². The van der Waals surface area contributed by atoms with Crippen LogP contribution in [0.15, 0.2) is 55.0 Å². The summed E-state index contributed by atoms with van der Waals surface area (Å²) in [5.74, 6) is 0. The molecule has 3 nitrogen and oxygen atoms in total. The topological polar surface area (TPSA) is 43.8 Å². The van der Waals surface area contributed by atoms with Crippen LogP contribution < -0.4 is 5.73 Å². The highest BCUT2D eigenvalue weighted by molar-refractivity contribution is 5.83. The van der Waals surface area contributed by atoms with E-state index in [2.05, 4.69) is 53.0 Å². The Bertz CT molecular complexity index is 716. The van der Waals surface area contributed by atoms with Gasteiger partial charge in [0.25, 0.3) is 0 Å². The van der Waals surface area contributed by atoms with Crippen molar-refractivity contribution in [3.8, 4) is 0 Å². The summed E-state index contributed by atoms with van der Waals surface area (Å²) < 4.78 is 2.30. The van der Waals surface area contributed by atoms with E-state index in [9.17, 15) is 0 Å². The van der Waals surface area contributed by atoms with Crippen LogP contribution in [-0.2, 0) is 13.0 Å². The molecule has 108 valence electrons. The molecule has 2 heterocycles. The molecule has 2 N–H and O–H groups in total. The lowest BCUT2D eigenvalue weighted by atomic mass is 10.0. The summed E-state index contributed by atoms with van der Waals surface area (Å²) in [6.45, 7) is 2.98. The first-order valence-corrected chi connectivity index (χ1v) is 7.49. The van der Waals surface area contributed by atoms with Crippen LogP contribution >= 0.6 is 0 Å². The van der Waals surface area contributed by atoms with Crippen LogP contribution in [0, 0.1) is 0 Å². The fourth-order valence-corrected chi connectivity index (χ4v) is 2.75. The molecule has 0 saturated carbocycles. The van der Waals surface area contributed by atoms with Gasteiger partial charge in [0.15, 0.2) is 0 Å². The lowest BCUT2D eigenvalue weighted by Crippen LogP contribution is -2.21. The van der Waals surface area contributed by atoms with Crippen molar-refractivity contribution in [1.29, 1.82) is 0 Å². The van der Waals surface area contributed by atoms with E-state index in [1.807, 2.05) is 18.5 Å². The normalized spacial score (nSPS) is 12.7. The molecule has 0 aliphatic carbocycles.